The molecule has 7 heteroatoms. The van der Waals surface area contributed by atoms with E-state index in [4.69, 9.17) is 9.47 Å². The smallest absolute Gasteiger partial charge is 0.196 e. The zero-order chi connectivity index (χ0) is 21.6. The number of hydrogen-bond donors (Lipinski definition) is 0. The molecule has 0 amide bonds. The van der Waals surface area contributed by atoms with Gasteiger partial charge in [0.15, 0.2) is 11.0 Å². The van der Waals surface area contributed by atoms with Gasteiger partial charge >= 0.3 is 0 Å². The van der Waals surface area contributed by atoms with Crippen LogP contribution in [0.25, 0.3) is 17.1 Å². The van der Waals surface area contributed by atoms with Gasteiger partial charge in [-0.25, -0.2) is 0 Å². The molecule has 0 aliphatic rings. The summed E-state index contributed by atoms with van der Waals surface area (Å²) in [5, 5.41) is 19.1. The zero-order valence-corrected chi connectivity index (χ0v) is 18.0. The minimum absolute atomic E-state index is 0.607. The second-order valence-electron chi connectivity index (χ2n) is 6.63. The molecule has 31 heavy (non-hydrogen) atoms. The second-order valence-corrected chi connectivity index (χ2v) is 7.57. The van der Waals surface area contributed by atoms with Crippen molar-refractivity contribution in [1.29, 1.82) is 5.26 Å². The molecule has 6 nitrogen and oxygen atoms in total. The number of methoxy groups -OCH3 is 2. The first-order valence-corrected chi connectivity index (χ1v) is 10.6. The molecule has 0 radical (unpaired) electrons. The molecule has 0 aliphatic carbocycles. The number of hydrogen-bond acceptors (Lipinski definition) is 6. The van der Waals surface area contributed by atoms with Crippen molar-refractivity contribution in [3.8, 4) is 34.6 Å². The van der Waals surface area contributed by atoms with Gasteiger partial charge in [0, 0.05) is 17.0 Å². The minimum atomic E-state index is 0.607. The van der Waals surface area contributed by atoms with E-state index in [0.717, 1.165) is 33.5 Å². The Labute approximate surface area is 185 Å². The molecule has 0 unspecified atom stereocenters. The molecule has 4 rings (SSSR count). The predicted molar refractivity (Wildman–Crippen MR) is 121 cm³/mol. The lowest BCUT2D eigenvalue weighted by Crippen LogP contribution is -2.00. The van der Waals surface area contributed by atoms with Crippen LogP contribution in [-0.4, -0.2) is 29.0 Å². The summed E-state index contributed by atoms with van der Waals surface area (Å²) in [5.74, 6) is 2.84. The number of ether oxygens (including phenoxy) is 2. The van der Waals surface area contributed by atoms with Crippen molar-refractivity contribution < 1.29 is 9.47 Å². The van der Waals surface area contributed by atoms with Crippen molar-refractivity contribution in [2.45, 2.75) is 10.9 Å². The lowest BCUT2D eigenvalue weighted by Gasteiger charge is -2.12. The highest BCUT2D eigenvalue weighted by Gasteiger charge is 2.17. The highest BCUT2D eigenvalue weighted by molar-refractivity contribution is 7.98. The Kier molecular flexibility index (Phi) is 6.20. The first-order valence-electron chi connectivity index (χ1n) is 9.58. The molecule has 154 valence electrons. The van der Waals surface area contributed by atoms with Crippen LogP contribution in [-0.2, 0) is 5.75 Å². The normalized spacial score (nSPS) is 10.5. The third-order valence-corrected chi connectivity index (χ3v) is 5.76. The number of nitrogens with zero attached hydrogens (tertiary/aromatic N) is 4. The molecule has 3 aromatic carbocycles. The van der Waals surface area contributed by atoms with E-state index in [0.29, 0.717) is 17.1 Å². The van der Waals surface area contributed by atoms with Crippen LogP contribution >= 0.6 is 11.8 Å². The topological polar surface area (TPSA) is 73.0 Å². The summed E-state index contributed by atoms with van der Waals surface area (Å²) < 4.78 is 12.7. The van der Waals surface area contributed by atoms with Crippen molar-refractivity contribution in [3.63, 3.8) is 0 Å². The van der Waals surface area contributed by atoms with Crippen LogP contribution in [0.1, 0.15) is 11.1 Å². The van der Waals surface area contributed by atoms with Gasteiger partial charge in [-0.1, -0.05) is 42.1 Å². The summed E-state index contributed by atoms with van der Waals surface area (Å²) in [4.78, 5) is 0. The fourth-order valence-corrected chi connectivity index (χ4v) is 4.13. The molecule has 0 fully saturated rings. The monoisotopic (exact) mass is 428 g/mol. The van der Waals surface area contributed by atoms with Gasteiger partial charge in [0.1, 0.15) is 11.5 Å². The van der Waals surface area contributed by atoms with Gasteiger partial charge in [0.05, 0.1) is 25.9 Å². The van der Waals surface area contributed by atoms with Crippen LogP contribution in [0.2, 0.25) is 0 Å². The van der Waals surface area contributed by atoms with Gasteiger partial charge < -0.3 is 9.47 Å². The van der Waals surface area contributed by atoms with Crippen molar-refractivity contribution in [3.05, 3.63) is 83.9 Å². The van der Waals surface area contributed by atoms with Gasteiger partial charge in [0.2, 0.25) is 0 Å². The number of aromatic nitrogens is 3. The highest BCUT2D eigenvalue weighted by atomic mass is 32.2. The predicted octanol–water partition coefficient (Wildman–Crippen LogP) is 5.12. The van der Waals surface area contributed by atoms with Crippen LogP contribution in [0.4, 0.5) is 0 Å². The van der Waals surface area contributed by atoms with Crippen LogP contribution in [0.15, 0.2) is 78.0 Å². The largest absolute Gasteiger partial charge is 0.497 e. The van der Waals surface area contributed by atoms with Crippen molar-refractivity contribution >= 4 is 11.8 Å². The molecule has 1 heterocycles. The zero-order valence-electron chi connectivity index (χ0n) is 17.1. The van der Waals surface area contributed by atoms with Gasteiger partial charge in [-0.15, -0.1) is 10.2 Å². The van der Waals surface area contributed by atoms with Gasteiger partial charge in [-0.3, -0.25) is 4.57 Å². The van der Waals surface area contributed by atoms with Crippen LogP contribution < -0.4 is 9.47 Å². The summed E-state index contributed by atoms with van der Waals surface area (Å²) in [7, 11) is 3.28. The van der Waals surface area contributed by atoms with Crippen LogP contribution in [0, 0.1) is 11.3 Å². The molecule has 1 aromatic heterocycles. The Balaban J connectivity index is 1.76. The van der Waals surface area contributed by atoms with E-state index in [1.807, 2.05) is 77.4 Å². The fraction of sp³-hybridized carbons (Fsp3) is 0.125. The average Bonchev–Trinajstić information content (AvgIpc) is 3.27. The summed E-state index contributed by atoms with van der Waals surface area (Å²) in [5.41, 5.74) is 3.44. The maximum Gasteiger partial charge on any atom is 0.196 e. The third-order valence-electron chi connectivity index (χ3n) is 4.79. The average molecular weight is 429 g/mol. The minimum Gasteiger partial charge on any atom is -0.497 e. The Bertz CT molecular complexity index is 1230. The first-order chi connectivity index (χ1) is 15.2. The van der Waals surface area contributed by atoms with Crippen molar-refractivity contribution in [2.75, 3.05) is 14.2 Å². The lowest BCUT2D eigenvalue weighted by molar-refractivity contribution is 0.414. The number of nitriles is 1. The molecule has 0 aliphatic heterocycles. The van der Waals surface area contributed by atoms with E-state index in [9.17, 15) is 5.26 Å². The Morgan fingerprint density at radius 2 is 1.68 bits per heavy atom. The quantitative estimate of drug-likeness (QED) is 0.381. The number of thioether (sulfide) groups is 1. The molecular weight excluding hydrogens is 408 g/mol. The summed E-state index contributed by atoms with van der Waals surface area (Å²) in [6, 6.07) is 25.3. The Morgan fingerprint density at radius 3 is 2.42 bits per heavy atom. The molecule has 0 saturated carbocycles. The van der Waals surface area contributed by atoms with E-state index < -0.39 is 0 Å². The Hall–Kier alpha value is -3.76. The molecule has 0 atom stereocenters. The molecule has 0 bridgehead atoms. The standard InChI is InChI=1S/C24H20N4O2S/c1-29-21-12-10-20(11-13-21)28-23(17-8-5-9-22(14-17)30-2)26-27-24(28)31-16-19-7-4-3-6-18(19)15-25/h3-14H,16H2,1-2H3. The van der Waals surface area contributed by atoms with Crippen molar-refractivity contribution in [1.82, 2.24) is 14.8 Å². The summed E-state index contributed by atoms with van der Waals surface area (Å²) in [6.07, 6.45) is 0. The van der Waals surface area contributed by atoms with Crippen LogP contribution in [0.5, 0.6) is 11.5 Å². The number of rotatable bonds is 7. The SMILES string of the molecule is COc1ccc(-n2c(SCc3ccccc3C#N)nnc2-c2cccc(OC)c2)cc1. The second kappa shape index (κ2) is 9.37. The first kappa shape index (κ1) is 20.5. The van der Waals surface area contributed by atoms with E-state index >= 15 is 0 Å². The summed E-state index contributed by atoms with van der Waals surface area (Å²) >= 11 is 1.54. The van der Waals surface area contributed by atoms with E-state index in [1.165, 1.54) is 11.8 Å². The maximum atomic E-state index is 9.38. The molecule has 4 aromatic rings. The maximum absolute atomic E-state index is 9.38. The van der Waals surface area contributed by atoms with E-state index in [1.54, 1.807) is 14.2 Å². The van der Waals surface area contributed by atoms with Gasteiger partial charge in [0.25, 0.3) is 0 Å². The highest BCUT2D eigenvalue weighted by Crippen LogP contribution is 2.32. The molecule has 0 N–H and O–H groups in total. The van der Waals surface area contributed by atoms with Crippen LogP contribution in [0.3, 0.4) is 0 Å². The molecule has 0 saturated heterocycles. The van der Waals surface area contributed by atoms with Gasteiger partial charge in [-0.05, 0) is 48.0 Å². The molecular formula is C24H20N4O2S. The fourth-order valence-electron chi connectivity index (χ4n) is 3.17. The van der Waals surface area contributed by atoms with E-state index in [2.05, 4.69) is 16.3 Å². The summed E-state index contributed by atoms with van der Waals surface area (Å²) in [6.45, 7) is 0. The van der Waals surface area contributed by atoms with E-state index in [-0.39, 0.29) is 0 Å². The third kappa shape index (κ3) is 4.39. The van der Waals surface area contributed by atoms with Crippen molar-refractivity contribution in [2.24, 2.45) is 0 Å². The molecule has 0 spiro atoms. The van der Waals surface area contributed by atoms with Gasteiger partial charge in [-0.2, -0.15) is 5.26 Å². The lowest BCUT2D eigenvalue weighted by atomic mass is 10.1. The Morgan fingerprint density at radius 1 is 0.903 bits per heavy atom. The number of benzene rings is 3.